The minimum absolute atomic E-state index is 0.0777. The van der Waals surface area contributed by atoms with Crippen LogP contribution in [-0.4, -0.2) is 37.2 Å². The van der Waals surface area contributed by atoms with Crippen molar-refractivity contribution >= 4 is 17.9 Å². The highest BCUT2D eigenvalue weighted by atomic mass is 16.6. The lowest BCUT2D eigenvalue weighted by molar-refractivity contribution is -0.167. The molecule has 0 bridgehead atoms. The monoisotopic (exact) mass is 1060 g/mol. The zero-order chi connectivity index (χ0) is 55.0. The molecule has 6 heteroatoms. The highest BCUT2D eigenvalue weighted by molar-refractivity contribution is 5.71. The summed E-state index contributed by atoms with van der Waals surface area (Å²) in [5.74, 6) is -0.876. The second kappa shape index (κ2) is 64.4. The average Bonchev–Trinajstić information content (AvgIpc) is 3.42. The van der Waals surface area contributed by atoms with Gasteiger partial charge in [0.25, 0.3) is 0 Å². The molecule has 0 saturated carbocycles. The molecule has 0 spiro atoms. The summed E-state index contributed by atoms with van der Waals surface area (Å²) in [6.07, 6.45) is 83.4. The lowest BCUT2D eigenvalue weighted by Gasteiger charge is -2.18. The SMILES string of the molecule is CC/C=C\C/C=C\C/C=C\C/C=C\CCCCCCCCC(=O)OC(COC(=O)CCCCCCCCCCCCCC)COC(=O)CCCCCCCCCCCCCCCCC/C=C\C/C=C\CCCCCCC. The molecule has 440 valence electrons. The molecule has 6 nitrogen and oxygen atoms in total. The topological polar surface area (TPSA) is 78.9 Å². The number of hydrogen-bond donors (Lipinski definition) is 0. The maximum absolute atomic E-state index is 12.9. The number of carbonyl (C=O) groups is 3. The number of hydrogen-bond acceptors (Lipinski definition) is 6. The van der Waals surface area contributed by atoms with Crippen LogP contribution >= 0.6 is 0 Å². The van der Waals surface area contributed by atoms with Crippen LogP contribution < -0.4 is 0 Å². The molecule has 0 fully saturated rings. The number of unbranched alkanes of at least 4 members (excludes halogenated alkanes) is 37. The third-order valence-corrected chi connectivity index (χ3v) is 14.4. The van der Waals surface area contributed by atoms with Gasteiger partial charge >= 0.3 is 17.9 Å². The summed E-state index contributed by atoms with van der Waals surface area (Å²) in [5, 5.41) is 0. The average molecular weight is 1060 g/mol. The minimum Gasteiger partial charge on any atom is -0.462 e. The standard InChI is InChI=1S/C70H124O6/c1-4-7-10-13-16-19-22-25-27-29-31-32-33-34-35-36-37-38-40-41-43-45-48-51-54-57-60-63-69(72)75-66-67(65-74-68(71)62-59-56-53-50-47-24-21-18-15-12-9-6-3)76-70(73)64-61-58-55-52-49-46-44-42-39-30-28-26-23-20-17-14-11-8-5-2/h8,11,17,20,22,25-26,28-29,31,39,42,67H,4-7,9-10,12-16,18-19,21,23-24,27,30,32-38,40-41,43-66H2,1-3H3/b11-8-,20-17-,25-22-,28-26-,31-29-,42-39-. The molecule has 1 unspecified atom stereocenters. The van der Waals surface area contributed by atoms with Crippen LogP contribution in [0.25, 0.3) is 0 Å². The van der Waals surface area contributed by atoms with E-state index in [0.29, 0.717) is 19.3 Å². The molecule has 1 atom stereocenters. The molecule has 0 amide bonds. The van der Waals surface area contributed by atoms with Gasteiger partial charge in [-0.25, -0.2) is 0 Å². The number of ether oxygens (including phenoxy) is 3. The van der Waals surface area contributed by atoms with Crippen molar-refractivity contribution in [1.29, 1.82) is 0 Å². The summed E-state index contributed by atoms with van der Waals surface area (Å²) in [6, 6.07) is 0. The fourth-order valence-corrected chi connectivity index (χ4v) is 9.53. The number of allylic oxidation sites excluding steroid dienone is 12. The molecule has 0 aromatic heterocycles. The smallest absolute Gasteiger partial charge is 0.306 e. The van der Waals surface area contributed by atoms with Gasteiger partial charge in [0.2, 0.25) is 0 Å². The van der Waals surface area contributed by atoms with E-state index >= 15 is 0 Å². The van der Waals surface area contributed by atoms with Crippen molar-refractivity contribution in [2.45, 2.75) is 341 Å². The van der Waals surface area contributed by atoms with Crippen LogP contribution in [0.2, 0.25) is 0 Å². The van der Waals surface area contributed by atoms with Crippen LogP contribution in [0.15, 0.2) is 72.9 Å². The van der Waals surface area contributed by atoms with E-state index in [9.17, 15) is 14.4 Å². The molecule has 0 N–H and O–H groups in total. The van der Waals surface area contributed by atoms with Crippen molar-refractivity contribution < 1.29 is 28.6 Å². The largest absolute Gasteiger partial charge is 0.462 e. The van der Waals surface area contributed by atoms with E-state index in [1.54, 1.807) is 0 Å². The third-order valence-electron chi connectivity index (χ3n) is 14.4. The lowest BCUT2D eigenvalue weighted by Crippen LogP contribution is -2.30. The molecule has 0 aliphatic rings. The van der Waals surface area contributed by atoms with Crippen molar-refractivity contribution in [3.05, 3.63) is 72.9 Å². The van der Waals surface area contributed by atoms with Gasteiger partial charge < -0.3 is 14.2 Å². The maximum atomic E-state index is 12.9. The van der Waals surface area contributed by atoms with Gasteiger partial charge in [-0.15, -0.1) is 0 Å². The van der Waals surface area contributed by atoms with Crippen molar-refractivity contribution in [1.82, 2.24) is 0 Å². The molecule has 0 saturated heterocycles. The van der Waals surface area contributed by atoms with Gasteiger partial charge in [0.05, 0.1) is 0 Å². The lowest BCUT2D eigenvalue weighted by atomic mass is 10.0. The second-order valence-electron chi connectivity index (χ2n) is 22.0. The molecular formula is C70H124O6. The van der Waals surface area contributed by atoms with Crippen LogP contribution in [0.5, 0.6) is 0 Å². The summed E-state index contributed by atoms with van der Waals surface area (Å²) in [6.45, 7) is 6.54. The summed E-state index contributed by atoms with van der Waals surface area (Å²) >= 11 is 0. The van der Waals surface area contributed by atoms with Crippen LogP contribution in [-0.2, 0) is 28.6 Å². The van der Waals surface area contributed by atoms with Crippen LogP contribution in [0, 0.1) is 0 Å². The highest BCUT2D eigenvalue weighted by Gasteiger charge is 2.19. The Labute approximate surface area is 472 Å². The van der Waals surface area contributed by atoms with Gasteiger partial charge in [-0.2, -0.15) is 0 Å². The maximum Gasteiger partial charge on any atom is 0.306 e. The van der Waals surface area contributed by atoms with E-state index in [0.717, 1.165) is 103 Å². The van der Waals surface area contributed by atoms with E-state index in [1.807, 2.05) is 0 Å². The number of carbonyl (C=O) groups excluding carboxylic acids is 3. The van der Waals surface area contributed by atoms with Gasteiger partial charge in [0.1, 0.15) is 13.2 Å². The molecule has 0 rings (SSSR count). The number of esters is 3. The van der Waals surface area contributed by atoms with Crippen LogP contribution in [0.1, 0.15) is 335 Å². The Bertz CT molecular complexity index is 1400. The van der Waals surface area contributed by atoms with Crippen molar-refractivity contribution in [3.63, 3.8) is 0 Å². The molecule has 76 heavy (non-hydrogen) atoms. The zero-order valence-electron chi connectivity index (χ0n) is 50.5. The highest BCUT2D eigenvalue weighted by Crippen LogP contribution is 2.17. The molecule has 0 aliphatic heterocycles. The quantitative estimate of drug-likeness (QED) is 0.0261. The Hall–Kier alpha value is -3.15. The predicted octanol–water partition coefficient (Wildman–Crippen LogP) is 22.5. The summed E-state index contributed by atoms with van der Waals surface area (Å²) in [5.41, 5.74) is 0. The van der Waals surface area contributed by atoms with Gasteiger partial charge in [-0.1, -0.05) is 299 Å². The van der Waals surface area contributed by atoms with Gasteiger partial charge in [0.15, 0.2) is 6.10 Å². The first kappa shape index (κ1) is 72.8. The Morgan fingerprint density at radius 3 is 0.803 bits per heavy atom. The second-order valence-corrected chi connectivity index (χ2v) is 22.0. The first-order valence-corrected chi connectivity index (χ1v) is 32.9. The van der Waals surface area contributed by atoms with E-state index in [2.05, 4.69) is 93.7 Å². The Morgan fingerprint density at radius 1 is 0.276 bits per heavy atom. The first-order valence-electron chi connectivity index (χ1n) is 32.9. The van der Waals surface area contributed by atoms with Gasteiger partial charge in [-0.05, 0) is 89.9 Å². The summed E-state index contributed by atoms with van der Waals surface area (Å²) in [7, 11) is 0. The summed E-state index contributed by atoms with van der Waals surface area (Å²) in [4.78, 5) is 38.3. The van der Waals surface area contributed by atoms with E-state index in [-0.39, 0.29) is 31.1 Å². The van der Waals surface area contributed by atoms with E-state index in [4.69, 9.17) is 14.2 Å². The zero-order valence-corrected chi connectivity index (χ0v) is 50.5. The molecule has 0 heterocycles. The minimum atomic E-state index is -0.782. The van der Waals surface area contributed by atoms with Crippen molar-refractivity contribution in [2.24, 2.45) is 0 Å². The Balaban J connectivity index is 4.25. The predicted molar refractivity (Wildman–Crippen MR) is 330 cm³/mol. The molecule has 0 aromatic carbocycles. The van der Waals surface area contributed by atoms with Crippen molar-refractivity contribution in [3.8, 4) is 0 Å². The van der Waals surface area contributed by atoms with Crippen LogP contribution in [0.3, 0.4) is 0 Å². The third kappa shape index (κ3) is 61.7. The molecule has 0 radical (unpaired) electrons. The van der Waals surface area contributed by atoms with Crippen LogP contribution in [0.4, 0.5) is 0 Å². The van der Waals surface area contributed by atoms with E-state index in [1.165, 1.54) is 193 Å². The molecule has 0 aliphatic carbocycles. The van der Waals surface area contributed by atoms with E-state index < -0.39 is 6.10 Å². The Morgan fingerprint density at radius 2 is 0.513 bits per heavy atom. The fraction of sp³-hybridized carbons (Fsp3) is 0.786. The Kier molecular flexibility index (Phi) is 61.7. The normalized spacial score (nSPS) is 12.5. The van der Waals surface area contributed by atoms with Gasteiger partial charge in [0, 0.05) is 19.3 Å². The first-order chi connectivity index (χ1) is 37.5. The molecular weight excluding hydrogens is 937 g/mol. The fourth-order valence-electron chi connectivity index (χ4n) is 9.53. The van der Waals surface area contributed by atoms with Crippen molar-refractivity contribution in [2.75, 3.05) is 13.2 Å². The van der Waals surface area contributed by atoms with Gasteiger partial charge in [-0.3, -0.25) is 14.4 Å². The summed E-state index contributed by atoms with van der Waals surface area (Å²) < 4.78 is 16.9. The molecule has 0 aromatic rings. The number of rotatable bonds is 60.